The van der Waals surface area contributed by atoms with E-state index in [2.05, 4.69) is 33.8 Å². The number of nitrogens with zero attached hydrogens (tertiary/aromatic N) is 2. The number of hydrogen-bond donors (Lipinski definition) is 0. The number of ketones is 1. The highest BCUT2D eigenvalue weighted by molar-refractivity contribution is 5.99. The van der Waals surface area contributed by atoms with Crippen molar-refractivity contribution >= 4 is 16.7 Å². The minimum absolute atomic E-state index is 0.278. The lowest BCUT2D eigenvalue weighted by atomic mass is 10.1. The van der Waals surface area contributed by atoms with Crippen molar-refractivity contribution < 1.29 is 4.79 Å². The number of carbonyl (C=O) groups is 1. The van der Waals surface area contributed by atoms with Crippen LogP contribution < -0.4 is 0 Å². The fourth-order valence-electron chi connectivity index (χ4n) is 2.76. The maximum Gasteiger partial charge on any atom is 0.167 e. The van der Waals surface area contributed by atoms with Gasteiger partial charge in [0.05, 0.1) is 5.52 Å². The average molecular weight is 276 g/mol. The van der Waals surface area contributed by atoms with Crippen LogP contribution in [0, 0.1) is 5.92 Å². The summed E-state index contributed by atoms with van der Waals surface area (Å²) in [6, 6.07) is 12.2. The quantitative estimate of drug-likeness (QED) is 0.681. The lowest BCUT2D eigenvalue weighted by molar-refractivity contribution is 0.0967. The fourth-order valence-corrected chi connectivity index (χ4v) is 2.76. The first kappa shape index (κ1) is 12.3. The van der Waals surface area contributed by atoms with E-state index in [9.17, 15) is 4.79 Å². The van der Waals surface area contributed by atoms with Crippen LogP contribution in [0.4, 0.5) is 0 Å². The summed E-state index contributed by atoms with van der Waals surface area (Å²) in [5.41, 5.74) is 3.04. The summed E-state index contributed by atoms with van der Waals surface area (Å²) in [5.74, 6) is 0.574. The summed E-state index contributed by atoms with van der Waals surface area (Å²) >= 11 is 0. The molecule has 0 N–H and O–H groups in total. The predicted octanol–water partition coefficient (Wildman–Crippen LogP) is 3.68. The molecule has 0 radical (unpaired) electrons. The Balaban J connectivity index is 1.64. The molecule has 1 fully saturated rings. The van der Waals surface area contributed by atoms with E-state index in [0.29, 0.717) is 5.78 Å². The van der Waals surface area contributed by atoms with Gasteiger partial charge in [-0.15, -0.1) is 0 Å². The van der Waals surface area contributed by atoms with E-state index in [-0.39, 0.29) is 5.92 Å². The zero-order valence-electron chi connectivity index (χ0n) is 11.7. The van der Waals surface area contributed by atoms with Gasteiger partial charge in [0.2, 0.25) is 0 Å². The Labute approximate surface area is 123 Å². The normalized spacial score (nSPS) is 14.5. The first-order valence-corrected chi connectivity index (χ1v) is 7.34. The van der Waals surface area contributed by atoms with E-state index in [1.165, 1.54) is 5.56 Å². The second-order valence-electron chi connectivity index (χ2n) is 5.70. The molecule has 3 nitrogen and oxygen atoms in total. The van der Waals surface area contributed by atoms with E-state index >= 15 is 0 Å². The molecule has 0 bridgehead atoms. The van der Waals surface area contributed by atoms with E-state index in [0.717, 1.165) is 35.9 Å². The van der Waals surface area contributed by atoms with Crippen LogP contribution in [0.1, 0.15) is 28.8 Å². The van der Waals surface area contributed by atoms with Gasteiger partial charge >= 0.3 is 0 Å². The van der Waals surface area contributed by atoms with Crippen molar-refractivity contribution in [2.45, 2.75) is 19.4 Å². The second kappa shape index (κ2) is 4.85. The van der Waals surface area contributed by atoms with E-state index in [4.69, 9.17) is 0 Å². The number of hydrogen-bond acceptors (Lipinski definition) is 2. The first-order valence-electron chi connectivity index (χ1n) is 7.34. The van der Waals surface area contributed by atoms with Crippen LogP contribution in [0.25, 0.3) is 10.9 Å². The third-order valence-electron chi connectivity index (χ3n) is 4.05. The highest BCUT2D eigenvalue weighted by atomic mass is 16.1. The number of para-hydroxylation sites is 1. The van der Waals surface area contributed by atoms with Crippen molar-refractivity contribution in [1.82, 2.24) is 9.55 Å². The molecule has 3 heteroatoms. The van der Waals surface area contributed by atoms with Crippen LogP contribution in [-0.2, 0) is 6.54 Å². The van der Waals surface area contributed by atoms with Gasteiger partial charge in [-0.05, 0) is 30.5 Å². The molecule has 0 unspecified atom stereocenters. The molecule has 3 aromatic rings. The highest BCUT2D eigenvalue weighted by Gasteiger charge is 2.30. The molecular weight excluding hydrogens is 260 g/mol. The summed E-state index contributed by atoms with van der Waals surface area (Å²) < 4.78 is 2.07. The summed E-state index contributed by atoms with van der Waals surface area (Å²) in [7, 11) is 0. The van der Waals surface area contributed by atoms with Gasteiger partial charge < -0.3 is 4.57 Å². The Morgan fingerprint density at radius 3 is 2.90 bits per heavy atom. The number of pyridine rings is 1. The van der Waals surface area contributed by atoms with E-state index < -0.39 is 0 Å². The number of rotatable bonds is 4. The molecule has 0 saturated heterocycles. The van der Waals surface area contributed by atoms with E-state index in [1.54, 1.807) is 0 Å². The molecule has 0 aliphatic heterocycles. The third kappa shape index (κ3) is 2.35. The molecule has 1 aliphatic carbocycles. The topological polar surface area (TPSA) is 34.9 Å². The molecule has 2 heterocycles. The number of aromatic nitrogens is 2. The monoisotopic (exact) mass is 276 g/mol. The second-order valence-corrected chi connectivity index (χ2v) is 5.70. The Morgan fingerprint density at radius 1 is 1.19 bits per heavy atom. The molecule has 4 rings (SSSR count). The number of Topliss-reactive ketones (excluding diaryl/α,β-unsaturated/α-hetero) is 1. The molecule has 0 atom stereocenters. The maximum atomic E-state index is 12.1. The zero-order valence-corrected chi connectivity index (χ0v) is 11.7. The fraction of sp³-hybridized carbons (Fsp3) is 0.222. The molecule has 21 heavy (non-hydrogen) atoms. The standard InChI is InChI=1S/C18H16N2O/c21-18(14-6-7-14)16-8-10-20(12-16)11-15-4-1-3-13-5-2-9-19-17(13)15/h1-5,8-10,12,14H,6-7,11H2. The Morgan fingerprint density at radius 2 is 2.05 bits per heavy atom. The van der Waals surface area contributed by atoms with Gasteiger partial charge in [-0.1, -0.05) is 24.3 Å². The van der Waals surface area contributed by atoms with Crippen molar-refractivity contribution in [3.8, 4) is 0 Å². The Bertz CT molecular complexity index is 809. The Hall–Kier alpha value is -2.42. The van der Waals surface area contributed by atoms with Crippen molar-refractivity contribution in [3.05, 3.63) is 66.1 Å². The summed E-state index contributed by atoms with van der Waals surface area (Å²) in [5, 5.41) is 1.15. The summed E-state index contributed by atoms with van der Waals surface area (Å²) in [4.78, 5) is 16.5. The van der Waals surface area contributed by atoms with Gasteiger partial charge in [0.15, 0.2) is 5.78 Å². The SMILES string of the molecule is O=C(c1ccn(Cc2cccc3cccnc23)c1)C1CC1. The number of benzene rings is 1. The molecular formula is C18H16N2O. The van der Waals surface area contributed by atoms with Crippen LogP contribution in [0.2, 0.25) is 0 Å². The average Bonchev–Trinajstić information content (AvgIpc) is 3.27. The van der Waals surface area contributed by atoms with Crippen LogP contribution in [0.15, 0.2) is 55.0 Å². The zero-order chi connectivity index (χ0) is 14.2. The van der Waals surface area contributed by atoms with Crippen LogP contribution in [-0.4, -0.2) is 15.3 Å². The first-order chi connectivity index (χ1) is 10.3. The smallest absolute Gasteiger partial charge is 0.167 e. The molecule has 0 spiro atoms. The van der Waals surface area contributed by atoms with Crippen LogP contribution in [0.5, 0.6) is 0 Å². The minimum atomic E-state index is 0.278. The molecule has 0 amide bonds. The van der Waals surface area contributed by atoms with Crippen LogP contribution in [0.3, 0.4) is 0 Å². The maximum absolute atomic E-state index is 12.1. The van der Waals surface area contributed by atoms with Crippen molar-refractivity contribution in [3.63, 3.8) is 0 Å². The van der Waals surface area contributed by atoms with Crippen molar-refractivity contribution in [2.24, 2.45) is 5.92 Å². The minimum Gasteiger partial charge on any atom is -0.349 e. The molecule has 1 aliphatic rings. The van der Waals surface area contributed by atoms with Gasteiger partial charge in [-0.2, -0.15) is 0 Å². The summed E-state index contributed by atoms with van der Waals surface area (Å²) in [6.07, 6.45) is 7.87. The predicted molar refractivity (Wildman–Crippen MR) is 82.3 cm³/mol. The van der Waals surface area contributed by atoms with E-state index in [1.807, 2.05) is 30.7 Å². The van der Waals surface area contributed by atoms with Crippen LogP contribution >= 0.6 is 0 Å². The molecule has 1 aromatic carbocycles. The van der Waals surface area contributed by atoms with Gasteiger partial charge in [0.25, 0.3) is 0 Å². The molecule has 1 saturated carbocycles. The van der Waals surface area contributed by atoms with Gasteiger partial charge in [-0.3, -0.25) is 9.78 Å². The van der Waals surface area contributed by atoms with Gasteiger partial charge in [0, 0.05) is 42.0 Å². The third-order valence-corrected chi connectivity index (χ3v) is 4.05. The highest BCUT2D eigenvalue weighted by Crippen LogP contribution is 2.32. The lowest BCUT2D eigenvalue weighted by Gasteiger charge is -2.06. The molecule has 2 aromatic heterocycles. The number of fused-ring (bicyclic) bond motifs is 1. The van der Waals surface area contributed by atoms with Gasteiger partial charge in [-0.25, -0.2) is 0 Å². The lowest BCUT2D eigenvalue weighted by Crippen LogP contribution is -2.01. The van der Waals surface area contributed by atoms with Gasteiger partial charge in [0.1, 0.15) is 0 Å². The largest absolute Gasteiger partial charge is 0.349 e. The summed E-state index contributed by atoms with van der Waals surface area (Å²) in [6.45, 7) is 0.742. The molecule has 104 valence electrons. The van der Waals surface area contributed by atoms with Crippen molar-refractivity contribution in [1.29, 1.82) is 0 Å². The number of carbonyl (C=O) groups excluding carboxylic acids is 1. The Kier molecular flexibility index (Phi) is 2.85. The van der Waals surface area contributed by atoms with Crippen molar-refractivity contribution in [2.75, 3.05) is 0 Å².